The molecule has 0 N–H and O–H groups in total. The van der Waals surface area contributed by atoms with Gasteiger partial charge in [0, 0.05) is 10.9 Å². The normalized spacial score (nSPS) is 15.7. The Morgan fingerprint density at radius 2 is 2.12 bits per heavy atom. The molecule has 1 aromatic rings. The standard InChI is InChI=1S/C12H14N2OS/c1-12(2,3)16-10-7-9(15)8-5-4-6-13-11(8)14-10/h4-6H,7H2,1-3H3. The van der Waals surface area contributed by atoms with Crippen molar-refractivity contribution in [1.29, 1.82) is 0 Å². The summed E-state index contributed by atoms with van der Waals surface area (Å²) in [4.78, 5) is 20.4. The molecule has 0 aromatic carbocycles. The van der Waals surface area contributed by atoms with Gasteiger partial charge in [0.05, 0.1) is 17.0 Å². The van der Waals surface area contributed by atoms with E-state index in [0.717, 1.165) is 5.04 Å². The molecule has 0 amide bonds. The van der Waals surface area contributed by atoms with Crippen LogP contribution in [0.2, 0.25) is 0 Å². The molecular weight excluding hydrogens is 220 g/mol. The molecule has 0 saturated carbocycles. The molecule has 0 fully saturated rings. The van der Waals surface area contributed by atoms with E-state index < -0.39 is 0 Å². The SMILES string of the molecule is CC(C)(C)SC1=Nc2ncccc2C(=O)C1. The molecule has 1 aliphatic heterocycles. The second kappa shape index (κ2) is 4.01. The Hall–Kier alpha value is -1.16. The molecule has 84 valence electrons. The van der Waals surface area contributed by atoms with Gasteiger partial charge >= 0.3 is 0 Å². The number of thioether (sulfide) groups is 1. The second-order valence-electron chi connectivity index (χ2n) is 4.69. The molecule has 4 heteroatoms. The topological polar surface area (TPSA) is 42.3 Å². The molecule has 2 heterocycles. The van der Waals surface area contributed by atoms with Crippen LogP contribution in [-0.2, 0) is 0 Å². The highest BCUT2D eigenvalue weighted by Crippen LogP contribution is 2.32. The number of carbonyl (C=O) groups is 1. The number of aliphatic imine (C=N–C) groups is 1. The molecule has 0 radical (unpaired) electrons. The molecule has 16 heavy (non-hydrogen) atoms. The maximum absolute atomic E-state index is 11.8. The van der Waals surface area contributed by atoms with Crippen molar-refractivity contribution in [3.8, 4) is 0 Å². The average molecular weight is 234 g/mol. The Morgan fingerprint density at radius 1 is 1.38 bits per heavy atom. The minimum absolute atomic E-state index is 0.0748. The van der Waals surface area contributed by atoms with Crippen LogP contribution < -0.4 is 0 Å². The van der Waals surface area contributed by atoms with E-state index in [2.05, 4.69) is 30.7 Å². The maximum Gasteiger partial charge on any atom is 0.173 e. The number of hydrogen-bond donors (Lipinski definition) is 0. The lowest BCUT2D eigenvalue weighted by molar-refractivity contribution is 0.1000. The smallest absolute Gasteiger partial charge is 0.173 e. The Balaban J connectivity index is 2.33. The van der Waals surface area contributed by atoms with Crippen LogP contribution in [0.15, 0.2) is 23.3 Å². The third-order valence-corrected chi connectivity index (χ3v) is 3.14. The van der Waals surface area contributed by atoms with Crippen molar-refractivity contribution in [3.05, 3.63) is 23.9 Å². The summed E-state index contributed by atoms with van der Waals surface area (Å²) in [5.74, 6) is 0.676. The number of Topliss-reactive ketones (excluding diaryl/α,β-unsaturated/α-hetero) is 1. The van der Waals surface area contributed by atoms with Gasteiger partial charge in [-0.1, -0.05) is 20.8 Å². The molecule has 0 aliphatic carbocycles. The van der Waals surface area contributed by atoms with Crippen LogP contribution in [0.4, 0.5) is 5.82 Å². The van der Waals surface area contributed by atoms with Crippen molar-refractivity contribution in [1.82, 2.24) is 4.98 Å². The van der Waals surface area contributed by atoms with Gasteiger partial charge in [0.25, 0.3) is 0 Å². The lowest BCUT2D eigenvalue weighted by Gasteiger charge is -2.20. The fourth-order valence-electron chi connectivity index (χ4n) is 1.51. The van der Waals surface area contributed by atoms with Crippen molar-refractivity contribution in [2.45, 2.75) is 31.9 Å². The van der Waals surface area contributed by atoms with Gasteiger partial charge in [0.2, 0.25) is 0 Å². The number of nitrogens with zero attached hydrogens (tertiary/aromatic N) is 2. The number of rotatable bonds is 0. The van der Waals surface area contributed by atoms with Crippen molar-refractivity contribution in [2.75, 3.05) is 0 Å². The molecular formula is C12H14N2OS. The third-order valence-electron chi connectivity index (χ3n) is 2.05. The van der Waals surface area contributed by atoms with Crippen LogP contribution in [0.5, 0.6) is 0 Å². The van der Waals surface area contributed by atoms with E-state index in [1.165, 1.54) is 0 Å². The Labute approximate surface area is 99.4 Å². The zero-order valence-electron chi connectivity index (χ0n) is 9.65. The number of fused-ring (bicyclic) bond motifs is 1. The molecule has 0 atom stereocenters. The van der Waals surface area contributed by atoms with E-state index >= 15 is 0 Å². The van der Waals surface area contributed by atoms with Gasteiger partial charge in [0.1, 0.15) is 0 Å². The molecule has 2 rings (SSSR count). The summed E-state index contributed by atoms with van der Waals surface area (Å²) in [6, 6.07) is 3.56. The molecule has 0 spiro atoms. The molecule has 1 aliphatic rings. The van der Waals surface area contributed by atoms with Crippen LogP contribution in [0.3, 0.4) is 0 Å². The summed E-state index contributed by atoms with van der Waals surface area (Å²) in [5, 5.41) is 0.865. The Morgan fingerprint density at radius 3 is 2.81 bits per heavy atom. The van der Waals surface area contributed by atoms with Crippen molar-refractivity contribution in [2.24, 2.45) is 4.99 Å². The van der Waals surface area contributed by atoms with E-state index in [9.17, 15) is 4.79 Å². The summed E-state index contributed by atoms with van der Waals surface area (Å²) in [6.45, 7) is 6.33. The molecule has 0 unspecified atom stereocenters. The van der Waals surface area contributed by atoms with Crippen molar-refractivity contribution >= 4 is 28.4 Å². The first-order valence-corrected chi connectivity index (χ1v) is 6.02. The van der Waals surface area contributed by atoms with Crippen molar-refractivity contribution in [3.63, 3.8) is 0 Å². The maximum atomic E-state index is 11.8. The van der Waals surface area contributed by atoms with Gasteiger partial charge in [-0.15, -0.1) is 11.8 Å². The second-order valence-corrected chi connectivity index (χ2v) is 6.59. The summed E-state index contributed by atoms with van der Waals surface area (Å²) in [6.07, 6.45) is 2.07. The highest BCUT2D eigenvalue weighted by atomic mass is 32.2. The zero-order chi connectivity index (χ0) is 11.8. The molecule has 0 bridgehead atoms. The van der Waals surface area contributed by atoms with Gasteiger partial charge in [-0.2, -0.15) is 0 Å². The highest BCUT2D eigenvalue weighted by molar-refractivity contribution is 8.15. The van der Waals surface area contributed by atoms with E-state index in [4.69, 9.17) is 0 Å². The molecule has 1 aromatic heterocycles. The van der Waals surface area contributed by atoms with Crippen LogP contribution in [0.25, 0.3) is 0 Å². The average Bonchev–Trinajstić information content (AvgIpc) is 2.15. The number of ketones is 1. The Bertz CT molecular complexity index is 460. The van der Waals surface area contributed by atoms with Gasteiger partial charge in [-0.05, 0) is 12.1 Å². The number of pyridine rings is 1. The van der Waals surface area contributed by atoms with Gasteiger partial charge in [-0.3, -0.25) is 4.79 Å². The Kier molecular flexibility index (Phi) is 2.84. The van der Waals surface area contributed by atoms with Gasteiger partial charge in [-0.25, -0.2) is 9.98 Å². The minimum Gasteiger partial charge on any atom is -0.294 e. The van der Waals surface area contributed by atoms with Gasteiger partial charge in [0.15, 0.2) is 11.6 Å². The summed E-state index contributed by atoms with van der Waals surface area (Å²) in [5.41, 5.74) is 0.640. The van der Waals surface area contributed by atoms with E-state index in [0.29, 0.717) is 17.8 Å². The minimum atomic E-state index is 0.0748. The van der Waals surface area contributed by atoms with Crippen LogP contribution in [0, 0.1) is 0 Å². The summed E-state index contributed by atoms with van der Waals surface area (Å²) >= 11 is 1.63. The van der Waals surface area contributed by atoms with E-state index in [1.54, 1.807) is 30.1 Å². The van der Waals surface area contributed by atoms with Crippen molar-refractivity contribution < 1.29 is 4.79 Å². The predicted molar refractivity (Wildman–Crippen MR) is 67.6 cm³/mol. The fraction of sp³-hybridized carbons (Fsp3) is 0.417. The number of aromatic nitrogens is 1. The van der Waals surface area contributed by atoms with Gasteiger partial charge < -0.3 is 0 Å². The van der Waals surface area contributed by atoms with E-state index in [1.807, 2.05) is 0 Å². The lowest BCUT2D eigenvalue weighted by atomic mass is 10.1. The molecule has 0 saturated heterocycles. The van der Waals surface area contributed by atoms with Crippen LogP contribution in [-0.4, -0.2) is 20.6 Å². The monoisotopic (exact) mass is 234 g/mol. The first-order valence-electron chi connectivity index (χ1n) is 5.20. The van der Waals surface area contributed by atoms with Crippen LogP contribution in [0.1, 0.15) is 37.6 Å². The predicted octanol–water partition coefficient (Wildman–Crippen LogP) is 3.23. The molecule has 3 nitrogen and oxygen atoms in total. The summed E-state index contributed by atoms with van der Waals surface area (Å²) < 4.78 is 0.0748. The largest absolute Gasteiger partial charge is 0.294 e. The quantitative estimate of drug-likeness (QED) is 0.692. The number of hydrogen-bond acceptors (Lipinski definition) is 4. The fourth-order valence-corrected chi connectivity index (χ4v) is 2.55. The first-order chi connectivity index (χ1) is 7.46. The van der Waals surface area contributed by atoms with Crippen LogP contribution >= 0.6 is 11.8 Å². The lowest BCUT2D eigenvalue weighted by Crippen LogP contribution is -2.17. The van der Waals surface area contributed by atoms with E-state index in [-0.39, 0.29) is 10.5 Å². The first kappa shape index (κ1) is 11.3. The third kappa shape index (κ3) is 2.50. The summed E-state index contributed by atoms with van der Waals surface area (Å²) in [7, 11) is 0. The highest BCUT2D eigenvalue weighted by Gasteiger charge is 2.24. The zero-order valence-corrected chi connectivity index (χ0v) is 10.5. The number of carbonyl (C=O) groups excluding carboxylic acids is 1.